The van der Waals surface area contributed by atoms with Crippen LogP contribution in [-0.2, 0) is 4.74 Å². The van der Waals surface area contributed by atoms with Gasteiger partial charge in [-0.05, 0) is 45.4 Å². The van der Waals surface area contributed by atoms with Gasteiger partial charge in [0.1, 0.15) is 0 Å². The summed E-state index contributed by atoms with van der Waals surface area (Å²) in [5.41, 5.74) is 3.07. The standard InChI is InChI=1S/C17H28N2O/c1-4-19(16-8-6-5-7-15(16)2)14-17(13-18-3)9-11-20-12-10-17/h5-8,18H,4,9-14H2,1-3H3. The van der Waals surface area contributed by atoms with E-state index in [-0.39, 0.29) is 0 Å². The quantitative estimate of drug-likeness (QED) is 0.864. The molecule has 20 heavy (non-hydrogen) atoms. The molecule has 112 valence electrons. The molecular weight excluding hydrogens is 248 g/mol. The molecule has 0 unspecified atom stereocenters. The summed E-state index contributed by atoms with van der Waals surface area (Å²) in [4.78, 5) is 2.53. The zero-order valence-corrected chi connectivity index (χ0v) is 13.1. The van der Waals surface area contributed by atoms with Crippen LogP contribution in [-0.4, -0.2) is 39.9 Å². The molecule has 0 atom stereocenters. The number of nitrogens with one attached hydrogen (secondary N) is 1. The third kappa shape index (κ3) is 3.53. The number of nitrogens with zero attached hydrogens (tertiary/aromatic N) is 1. The van der Waals surface area contributed by atoms with Crippen molar-refractivity contribution < 1.29 is 4.74 Å². The van der Waals surface area contributed by atoms with Crippen molar-refractivity contribution >= 4 is 5.69 Å². The maximum absolute atomic E-state index is 5.57. The Bertz CT molecular complexity index is 408. The van der Waals surface area contributed by atoms with Gasteiger partial charge >= 0.3 is 0 Å². The monoisotopic (exact) mass is 276 g/mol. The second-order valence-corrected chi connectivity index (χ2v) is 5.94. The number of hydrogen-bond acceptors (Lipinski definition) is 3. The average Bonchev–Trinajstić information content (AvgIpc) is 2.47. The third-order valence-corrected chi connectivity index (χ3v) is 4.47. The lowest BCUT2D eigenvalue weighted by Gasteiger charge is -2.42. The molecule has 1 fully saturated rings. The van der Waals surface area contributed by atoms with E-state index < -0.39 is 0 Å². The number of para-hydroxylation sites is 1. The van der Waals surface area contributed by atoms with E-state index in [4.69, 9.17) is 4.74 Å². The highest BCUT2D eigenvalue weighted by molar-refractivity contribution is 5.53. The van der Waals surface area contributed by atoms with Gasteiger partial charge in [0.25, 0.3) is 0 Å². The van der Waals surface area contributed by atoms with Gasteiger partial charge in [-0.1, -0.05) is 18.2 Å². The lowest BCUT2D eigenvalue weighted by molar-refractivity contribution is 0.0193. The van der Waals surface area contributed by atoms with Crippen molar-refractivity contribution in [1.82, 2.24) is 5.32 Å². The van der Waals surface area contributed by atoms with Crippen LogP contribution in [0.5, 0.6) is 0 Å². The SMILES string of the molecule is CCN(CC1(CNC)CCOCC1)c1ccccc1C. The fraction of sp³-hybridized carbons (Fsp3) is 0.647. The molecule has 3 heteroatoms. The molecule has 0 bridgehead atoms. The average molecular weight is 276 g/mol. The number of anilines is 1. The van der Waals surface area contributed by atoms with Gasteiger partial charge in [0.2, 0.25) is 0 Å². The molecule has 1 aromatic rings. The molecule has 3 nitrogen and oxygen atoms in total. The Morgan fingerprint density at radius 2 is 1.95 bits per heavy atom. The molecule has 0 aliphatic carbocycles. The summed E-state index contributed by atoms with van der Waals surface area (Å²) >= 11 is 0. The van der Waals surface area contributed by atoms with Gasteiger partial charge in [0.15, 0.2) is 0 Å². The van der Waals surface area contributed by atoms with Crippen LogP contribution in [0.15, 0.2) is 24.3 Å². The zero-order chi connectivity index (χ0) is 14.4. The van der Waals surface area contributed by atoms with Gasteiger partial charge in [-0.3, -0.25) is 0 Å². The molecule has 0 saturated carbocycles. The van der Waals surface area contributed by atoms with Crippen molar-refractivity contribution in [2.75, 3.05) is 44.8 Å². The number of aryl methyl sites for hydroxylation is 1. The predicted molar refractivity (Wildman–Crippen MR) is 85.5 cm³/mol. The normalized spacial score (nSPS) is 17.9. The fourth-order valence-corrected chi connectivity index (χ4v) is 3.26. The number of benzene rings is 1. The molecule has 0 radical (unpaired) electrons. The maximum atomic E-state index is 5.57. The van der Waals surface area contributed by atoms with Crippen molar-refractivity contribution in [3.63, 3.8) is 0 Å². The minimum Gasteiger partial charge on any atom is -0.381 e. The van der Waals surface area contributed by atoms with Crippen LogP contribution in [0.1, 0.15) is 25.3 Å². The third-order valence-electron chi connectivity index (χ3n) is 4.47. The minimum atomic E-state index is 0.339. The van der Waals surface area contributed by atoms with Crippen LogP contribution in [0.25, 0.3) is 0 Å². The lowest BCUT2D eigenvalue weighted by atomic mass is 9.79. The van der Waals surface area contributed by atoms with Crippen molar-refractivity contribution in [1.29, 1.82) is 0 Å². The van der Waals surface area contributed by atoms with Gasteiger partial charge in [0.05, 0.1) is 0 Å². The molecule has 1 aromatic carbocycles. The van der Waals surface area contributed by atoms with E-state index in [0.717, 1.165) is 45.7 Å². The van der Waals surface area contributed by atoms with Gasteiger partial charge in [-0.25, -0.2) is 0 Å². The molecule has 1 N–H and O–H groups in total. The highest BCUT2D eigenvalue weighted by atomic mass is 16.5. The summed E-state index contributed by atoms with van der Waals surface area (Å²) in [6.45, 7) is 9.47. The summed E-state index contributed by atoms with van der Waals surface area (Å²) in [5, 5.41) is 3.39. The second kappa shape index (κ2) is 7.09. The smallest absolute Gasteiger partial charge is 0.0472 e. The van der Waals surface area contributed by atoms with Crippen LogP contribution >= 0.6 is 0 Å². The maximum Gasteiger partial charge on any atom is 0.0472 e. The van der Waals surface area contributed by atoms with Gasteiger partial charge in [-0.2, -0.15) is 0 Å². The second-order valence-electron chi connectivity index (χ2n) is 5.94. The number of ether oxygens (including phenoxy) is 1. The first-order valence-electron chi connectivity index (χ1n) is 7.74. The first-order valence-corrected chi connectivity index (χ1v) is 7.74. The summed E-state index contributed by atoms with van der Waals surface area (Å²) < 4.78 is 5.57. The largest absolute Gasteiger partial charge is 0.381 e. The zero-order valence-electron chi connectivity index (χ0n) is 13.1. The van der Waals surface area contributed by atoms with Gasteiger partial charge in [-0.15, -0.1) is 0 Å². The van der Waals surface area contributed by atoms with Crippen LogP contribution < -0.4 is 10.2 Å². The Morgan fingerprint density at radius 1 is 1.25 bits per heavy atom. The fourth-order valence-electron chi connectivity index (χ4n) is 3.26. The molecule has 1 aliphatic rings. The minimum absolute atomic E-state index is 0.339. The summed E-state index contributed by atoms with van der Waals surface area (Å²) in [7, 11) is 2.06. The van der Waals surface area contributed by atoms with Crippen molar-refractivity contribution in [3.05, 3.63) is 29.8 Å². The van der Waals surface area contributed by atoms with Crippen LogP contribution in [0.4, 0.5) is 5.69 Å². The van der Waals surface area contributed by atoms with E-state index in [1.165, 1.54) is 11.3 Å². The van der Waals surface area contributed by atoms with Crippen LogP contribution in [0, 0.1) is 12.3 Å². The predicted octanol–water partition coefficient (Wildman–Crippen LogP) is 2.84. The van der Waals surface area contributed by atoms with E-state index in [0.29, 0.717) is 5.41 Å². The molecule has 0 amide bonds. The topological polar surface area (TPSA) is 24.5 Å². The van der Waals surface area contributed by atoms with Crippen molar-refractivity contribution in [3.8, 4) is 0 Å². The molecule has 2 rings (SSSR count). The Labute approximate surface area is 123 Å². The van der Waals surface area contributed by atoms with Crippen molar-refractivity contribution in [2.24, 2.45) is 5.41 Å². The van der Waals surface area contributed by atoms with E-state index in [9.17, 15) is 0 Å². The Kier molecular flexibility index (Phi) is 5.44. The number of hydrogen-bond donors (Lipinski definition) is 1. The summed E-state index contributed by atoms with van der Waals surface area (Å²) in [6, 6.07) is 8.70. The van der Waals surface area contributed by atoms with E-state index in [1.807, 2.05) is 0 Å². The Balaban J connectivity index is 2.16. The molecule has 1 aliphatic heterocycles. The molecule has 0 spiro atoms. The molecule has 1 heterocycles. The summed E-state index contributed by atoms with van der Waals surface area (Å²) in [5.74, 6) is 0. The van der Waals surface area contributed by atoms with Gasteiger partial charge < -0.3 is 15.0 Å². The Morgan fingerprint density at radius 3 is 2.55 bits per heavy atom. The first-order chi connectivity index (χ1) is 9.71. The number of rotatable bonds is 6. The van der Waals surface area contributed by atoms with Crippen LogP contribution in [0.3, 0.4) is 0 Å². The van der Waals surface area contributed by atoms with Crippen LogP contribution in [0.2, 0.25) is 0 Å². The summed E-state index contributed by atoms with van der Waals surface area (Å²) in [6.07, 6.45) is 2.30. The Hall–Kier alpha value is -1.06. The molecular formula is C17H28N2O. The highest BCUT2D eigenvalue weighted by Gasteiger charge is 2.33. The lowest BCUT2D eigenvalue weighted by Crippen LogP contribution is -2.47. The van der Waals surface area contributed by atoms with E-state index in [2.05, 4.69) is 55.4 Å². The first kappa shape index (κ1) is 15.3. The van der Waals surface area contributed by atoms with E-state index in [1.54, 1.807) is 0 Å². The molecule has 0 aromatic heterocycles. The van der Waals surface area contributed by atoms with Crippen molar-refractivity contribution in [2.45, 2.75) is 26.7 Å². The van der Waals surface area contributed by atoms with E-state index >= 15 is 0 Å². The molecule has 1 saturated heterocycles. The van der Waals surface area contributed by atoms with Gasteiger partial charge in [0, 0.05) is 44.0 Å². The highest BCUT2D eigenvalue weighted by Crippen LogP contribution is 2.33.